The molecular weight excluding hydrogens is 203 g/mol. The van der Waals surface area contributed by atoms with Gasteiger partial charge in [-0.05, 0) is 24.3 Å². The normalized spacial score (nSPS) is 9.07. The Morgan fingerprint density at radius 2 is 1.73 bits per heavy atom. The van der Waals surface area contributed by atoms with Crippen molar-refractivity contribution in [3.63, 3.8) is 0 Å². The summed E-state index contributed by atoms with van der Waals surface area (Å²) >= 11 is 0. The highest BCUT2D eigenvalue weighted by atomic mass is 16.7. The molecule has 0 radical (unpaired) electrons. The minimum absolute atomic E-state index is 0.126. The second kappa shape index (κ2) is 4.89. The van der Waals surface area contributed by atoms with Gasteiger partial charge < -0.3 is 19.5 Å². The summed E-state index contributed by atoms with van der Waals surface area (Å²) in [6.45, 7) is 0. The van der Waals surface area contributed by atoms with Gasteiger partial charge in [-0.15, -0.1) is 0 Å². The summed E-state index contributed by atoms with van der Waals surface area (Å²) in [4.78, 5) is 20.4. The Labute approximate surface area is 85.4 Å². The Hall–Kier alpha value is -2.18. The van der Waals surface area contributed by atoms with Crippen LogP contribution in [0.25, 0.3) is 0 Å². The zero-order valence-electron chi connectivity index (χ0n) is 7.54. The fraction of sp³-hybridized carbons (Fsp3) is 0. The van der Waals surface area contributed by atoms with E-state index < -0.39 is 19.8 Å². The fourth-order valence-corrected chi connectivity index (χ4v) is 0.842. The van der Waals surface area contributed by atoms with Gasteiger partial charge in [-0.2, -0.15) is 0 Å². The second-order valence-electron chi connectivity index (χ2n) is 2.50. The molecule has 6 nitrogen and oxygen atoms in total. The SMILES string of the molecule is O=C(O)OBOc1ccc(C(=O)O)cc1. The molecule has 0 aliphatic heterocycles. The lowest BCUT2D eigenvalue weighted by Crippen LogP contribution is -2.11. The Morgan fingerprint density at radius 3 is 2.20 bits per heavy atom. The quantitative estimate of drug-likeness (QED) is 0.711. The molecule has 15 heavy (non-hydrogen) atoms. The van der Waals surface area contributed by atoms with E-state index in [4.69, 9.17) is 14.9 Å². The van der Waals surface area contributed by atoms with Crippen LogP contribution in [-0.2, 0) is 4.65 Å². The first kappa shape index (κ1) is 10.9. The van der Waals surface area contributed by atoms with Gasteiger partial charge in [-0.3, -0.25) is 0 Å². The number of rotatable bonds is 4. The Morgan fingerprint density at radius 1 is 1.13 bits per heavy atom. The summed E-state index contributed by atoms with van der Waals surface area (Å²) in [6.07, 6.45) is -1.43. The van der Waals surface area contributed by atoms with Gasteiger partial charge in [0.2, 0.25) is 0 Å². The van der Waals surface area contributed by atoms with Gasteiger partial charge >= 0.3 is 19.8 Å². The van der Waals surface area contributed by atoms with E-state index in [9.17, 15) is 9.59 Å². The lowest BCUT2D eigenvalue weighted by atomic mass is 10.2. The molecule has 0 unspecified atom stereocenters. The van der Waals surface area contributed by atoms with Crippen LogP contribution in [0.15, 0.2) is 24.3 Å². The average molecular weight is 210 g/mol. The summed E-state index contributed by atoms with van der Waals surface area (Å²) < 4.78 is 8.96. The van der Waals surface area contributed by atoms with E-state index >= 15 is 0 Å². The first-order chi connectivity index (χ1) is 7.09. The average Bonchev–Trinajstić information content (AvgIpc) is 2.18. The maximum Gasteiger partial charge on any atom is 0.580 e. The van der Waals surface area contributed by atoms with Crippen LogP contribution in [0, 0.1) is 0 Å². The van der Waals surface area contributed by atoms with E-state index in [0.717, 1.165) is 0 Å². The molecule has 1 aromatic carbocycles. The van der Waals surface area contributed by atoms with Crippen molar-refractivity contribution in [1.29, 1.82) is 0 Å². The van der Waals surface area contributed by atoms with Crippen LogP contribution in [0.4, 0.5) is 4.79 Å². The second-order valence-corrected chi connectivity index (χ2v) is 2.50. The van der Waals surface area contributed by atoms with E-state index in [1.165, 1.54) is 24.3 Å². The van der Waals surface area contributed by atoms with Gasteiger partial charge in [0.15, 0.2) is 0 Å². The van der Waals surface area contributed by atoms with Crippen LogP contribution >= 0.6 is 0 Å². The van der Waals surface area contributed by atoms with Gasteiger partial charge in [0, 0.05) is 0 Å². The molecule has 0 heterocycles. The molecule has 0 aromatic heterocycles. The third kappa shape index (κ3) is 3.59. The van der Waals surface area contributed by atoms with Crippen molar-refractivity contribution in [3.05, 3.63) is 29.8 Å². The molecule has 0 bridgehead atoms. The third-order valence-electron chi connectivity index (χ3n) is 1.51. The zero-order chi connectivity index (χ0) is 11.3. The number of carboxylic acid groups (broad SMARTS) is 2. The van der Waals surface area contributed by atoms with Crippen molar-refractivity contribution in [2.24, 2.45) is 0 Å². The van der Waals surface area contributed by atoms with E-state index in [-0.39, 0.29) is 5.56 Å². The Balaban J connectivity index is 2.50. The maximum absolute atomic E-state index is 10.5. The lowest BCUT2D eigenvalue weighted by molar-refractivity contribution is 0.0696. The zero-order valence-corrected chi connectivity index (χ0v) is 7.54. The van der Waals surface area contributed by atoms with Gasteiger partial charge in [0.1, 0.15) is 5.75 Å². The van der Waals surface area contributed by atoms with Crippen molar-refractivity contribution in [3.8, 4) is 5.75 Å². The first-order valence-corrected chi connectivity index (χ1v) is 3.91. The summed E-state index contributed by atoms with van der Waals surface area (Å²) in [5, 5.41) is 16.7. The molecule has 0 saturated heterocycles. The van der Waals surface area contributed by atoms with E-state index in [1.54, 1.807) is 0 Å². The predicted molar refractivity (Wildman–Crippen MR) is 50.3 cm³/mol. The molecule has 0 aliphatic carbocycles. The summed E-state index contributed by atoms with van der Waals surface area (Å²) in [5.74, 6) is -0.704. The molecule has 0 spiro atoms. The van der Waals surface area contributed by atoms with Gasteiger partial charge in [-0.25, -0.2) is 9.59 Å². The number of hydrogen-bond acceptors (Lipinski definition) is 4. The number of aromatic carboxylic acids is 1. The van der Waals surface area contributed by atoms with Gasteiger partial charge in [0.25, 0.3) is 0 Å². The van der Waals surface area contributed by atoms with Crippen LogP contribution in [-0.4, -0.2) is 30.0 Å². The minimum Gasteiger partial charge on any atom is -0.528 e. The molecule has 1 aromatic rings. The van der Waals surface area contributed by atoms with Crippen molar-refractivity contribution in [1.82, 2.24) is 0 Å². The van der Waals surface area contributed by atoms with Crippen LogP contribution in [0.1, 0.15) is 10.4 Å². The number of benzene rings is 1. The molecule has 0 saturated carbocycles. The number of carboxylic acids is 1. The lowest BCUT2D eigenvalue weighted by Gasteiger charge is -2.03. The minimum atomic E-state index is -1.43. The molecule has 78 valence electrons. The van der Waals surface area contributed by atoms with Crippen LogP contribution in [0.3, 0.4) is 0 Å². The van der Waals surface area contributed by atoms with Gasteiger partial charge in [-0.1, -0.05) is 0 Å². The molecule has 2 N–H and O–H groups in total. The number of carbonyl (C=O) groups is 2. The van der Waals surface area contributed by atoms with Crippen molar-refractivity contribution >= 4 is 19.8 Å². The standard InChI is InChI=1S/C8H7BO6/c10-7(11)5-1-3-6(4-2-5)14-9-15-8(12)13/h1-4,9H,(H,10,11)(H,12,13). The van der Waals surface area contributed by atoms with E-state index in [0.29, 0.717) is 5.75 Å². The fourth-order valence-electron chi connectivity index (χ4n) is 0.842. The summed E-state index contributed by atoms with van der Waals surface area (Å²) in [7, 11) is -0.429. The van der Waals surface area contributed by atoms with Crippen LogP contribution in [0.5, 0.6) is 5.75 Å². The third-order valence-corrected chi connectivity index (χ3v) is 1.51. The molecule has 0 fully saturated rings. The summed E-state index contributed by atoms with van der Waals surface area (Å²) in [6, 6.07) is 5.51. The van der Waals surface area contributed by atoms with E-state index in [1.807, 2.05) is 0 Å². The van der Waals surface area contributed by atoms with Crippen LogP contribution < -0.4 is 4.65 Å². The van der Waals surface area contributed by atoms with Crippen LogP contribution in [0.2, 0.25) is 0 Å². The van der Waals surface area contributed by atoms with Crippen molar-refractivity contribution in [2.75, 3.05) is 0 Å². The molecule has 1 rings (SSSR count). The van der Waals surface area contributed by atoms with Crippen molar-refractivity contribution in [2.45, 2.75) is 0 Å². The monoisotopic (exact) mass is 210 g/mol. The van der Waals surface area contributed by atoms with Gasteiger partial charge in [0.05, 0.1) is 5.56 Å². The topological polar surface area (TPSA) is 93.1 Å². The molecule has 7 heteroatoms. The molecule has 0 amide bonds. The highest BCUT2D eigenvalue weighted by Crippen LogP contribution is 2.11. The van der Waals surface area contributed by atoms with Crippen molar-refractivity contribution < 1.29 is 29.1 Å². The molecule has 0 atom stereocenters. The predicted octanol–water partition coefficient (Wildman–Crippen LogP) is 0.725. The highest BCUT2D eigenvalue weighted by Gasteiger charge is 2.04. The molecule has 0 aliphatic rings. The largest absolute Gasteiger partial charge is 0.580 e. The number of hydrogen-bond donors (Lipinski definition) is 2. The first-order valence-electron chi connectivity index (χ1n) is 3.91. The smallest absolute Gasteiger partial charge is 0.528 e. The Bertz CT molecular complexity index is 360. The van der Waals surface area contributed by atoms with E-state index in [2.05, 4.69) is 4.65 Å². The molecular formula is C8H7BO6. The summed E-state index contributed by atoms with van der Waals surface area (Å²) in [5.41, 5.74) is 0.126. The maximum atomic E-state index is 10.5. The highest BCUT2D eigenvalue weighted by molar-refractivity contribution is 6.22. The Kier molecular flexibility index (Phi) is 3.56.